The smallest absolute Gasteiger partial charge is 0.216 e. The molecule has 0 fully saturated rings. The number of fused-ring (bicyclic) bond motifs is 1. The molecule has 0 spiro atoms. The molecule has 0 saturated carbocycles. The highest BCUT2D eigenvalue weighted by Crippen LogP contribution is 2.24. The van der Waals surface area contributed by atoms with E-state index in [1.807, 2.05) is 12.1 Å². The normalized spacial score (nSPS) is 10.3. The lowest BCUT2D eigenvalue weighted by molar-refractivity contribution is -0.118. The fraction of sp³-hybridized carbons (Fsp3) is 0.231. The summed E-state index contributed by atoms with van der Waals surface area (Å²) in [5.41, 5.74) is 0. The van der Waals surface area contributed by atoms with Gasteiger partial charge in [-0.15, -0.1) is 0 Å². The predicted molar refractivity (Wildman–Crippen MR) is 70.6 cm³/mol. The molecule has 5 heteroatoms. The van der Waals surface area contributed by atoms with E-state index < -0.39 is 0 Å². The van der Waals surface area contributed by atoms with E-state index in [9.17, 15) is 9.90 Å². The number of anilines is 1. The van der Waals surface area contributed by atoms with Gasteiger partial charge in [0.15, 0.2) is 0 Å². The number of nitrogens with one attached hydrogen (secondary N) is 2. The molecule has 0 bridgehead atoms. The molecule has 0 saturated heterocycles. The van der Waals surface area contributed by atoms with Crippen LogP contribution in [0.15, 0.2) is 30.5 Å². The van der Waals surface area contributed by atoms with Gasteiger partial charge in [0.05, 0.1) is 0 Å². The summed E-state index contributed by atoms with van der Waals surface area (Å²) in [6.45, 7) is 2.60. The lowest BCUT2D eigenvalue weighted by Crippen LogP contribution is -2.26. The molecule has 0 aliphatic heterocycles. The van der Waals surface area contributed by atoms with Crippen molar-refractivity contribution in [1.29, 1.82) is 0 Å². The van der Waals surface area contributed by atoms with Crippen molar-refractivity contribution in [2.75, 3.05) is 18.4 Å². The third-order valence-corrected chi connectivity index (χ3v) is 2.54. The molecule has 0 aliphatic rings. The van der Waals surface area contributed by atoms with Gasteiger partial charge in [-0.05, 0) is 23.6 Å². The number of amides is 1. The van der Waals surface area contributed by atoms with Gasteiger partial charge in [0.25, 0.3) is 0 Å². The molecule has 1 heterocycles. The lowest BCUT2D eigenvalue weighted by Gasteiger charge is -2.09. The number of carbonyl (C=O) groups excluding carboxylic acids is 1. The zero-order valence-corrected chi connectivity index (χ0v) is 10.1. The number of benzene rings is 1. The number of rotatable bonds is 4. The standard InChI is InChI=1S/C13H15N3O2/c1-9(17)14-6-7-16-13-12-8-11(18)3-2-10(12)4-5-15-13/h2-5,8,18H,6-7H2,1H3,(H,14,17)(H,15,16). The van der Waals surface area contributed by atoms with Crippen LogP contribution in [-0.4, -0.2) is 29.1 Å². The maximum absolute atomic E-state index is 10.7. The number of pyridine rings is 1. The SMILES string of the molecule is CC(=O)NCCNc1nccc2ccc(O)cc12. The number of aromatic hydroxyl groups is 1. The van der Waals surface area contributed by atoms with Crippen LogP contribution in [0.4, 0.5) is 5.82 Å². The summed E-state index contributed by atoms with van der Waals surface area (Å²) in [6.07, 6.45) is 1.71. The summed E-state index contributed by atoms with van der Waals surface area (Å²) in [5.74, 6) is 0.856. The van der Waals surface area contributed by atoms with Crippen molar-refractivity contribution in [3.63, 3.8) is 0 Å². The lowest BCUT2D eigenvalue weighted by atomic mass is 10.1. The monoisotopic (exact) mass is 245 g/mol. The first-order chi connectivity index (χ1) is 8.66. The highest BCUT2D eigenvalue weighted by atomic mass is 16.3. The number of aromatic nitrogens is 1. The first-order valence-electron chi connectivity index (χ1n) is 5.73. The van der Waals surface area contributed by atoms with Crippen LogP contribution >= 0.6 is 0 Å². The average Bonchev–Trinajstić information content (AvgIpc) is 2.34. The van der Waals surface area contributed by atoms with Gasteiger partial charge in [-0.25, -0.2) is 4.98 Å². The fourth-order valence-electron chi connectivity index (χ4n) is 1.72. The van der Waals surface area contributed by atoms with E-state index in [-0.39, 0.29) is 11.7 Å². The first kappa shape index (κ1) is 12.2. The number of nitrogens with zero attached hydrogens (tertiary/aromatic N) is 1. The molecule has 0 atom stereocenters. The second-order valence-electron chi connectivity index (χ2n) is 3.97. The molecule has 5 nitrogen and oxygen atoms in total. The van der Waals surface area contributed by atoms with Gasteiger partial charge in [0.1, 0.15) is 11.6 Å². The van der Waals surface area contributed by atoms with E-state index in [1.54, 1.807) is 18.3 Å². The third-order valence-electron chi connectivity index (χ3n) is 2.54. The first-order valence-corrected chi connectivity index (χ1v) is 5.73. The summed E-state index contributed by atoms with van der Waals surface area (Å²) in [6, 6.07) is 7.03. The van der Waals surface area contributed by atoms with Crippen LogP contribution in [0.1, 0.15) is 6.92 Å². The third kappa shape index (κ3) is 2.88. The van der Waals surface area contributed by atoms with Crippen molar-refractivity contribution in [2.45, 2.75) is 6.92 Å². The largest absolute Gasteiger partial charge is 0.508 e. The Hall–Kier alpha value is -2.30. The van der Waals surface area contributed by atoms with E-state index in [4.69, 9.17) is 0 Å². The summed E-state index contributed by atoms with van der Waals surface area (Å²) < 4.78 is 0. The molecule has 0 unspecified atom stereocenters. The molecule has 1 aromatic heterocycles. The second kappa shape index (κ2) is 5.35. The molecule has 0 aliphatic carbocycles. The molecule has 2 aromatic rings. The van der Waals surface area contributed by atoms with Gasteiger partial charge in [-0.2, -0.15) is 0 Å². The van der Waals surface area contributed by atoms with Crippen molar-refractivity contribution in [2.24, 2.45) is 0 Å². The minimum atomic E-state index is -0.0553. The zero-order chi connectivity index (χ0) is 13.0. The van der Waals surface area contributed by atoms with Crippen LogP contribution in [-0.2, 0) is 4.79 Å². The molecule has 18 heavy (non-hydrogen) atoms. The Kier molecular flexibility index (Phi) is 3.62. The summed E-state index contributed by atoms with van der Waals surface area (Å²) in [7, 11) is 0. The van der Waals surface area contributed by atoms with Crippen molar-refractivity contribution >= 4 is 22.5 Å². The van der Waals surface area contributed by atoms with E-state index in [2.05, 4.69) is 15.6 Å². The Bertz CT molecular complexity index is 569. The molecule has 1 aromatic carbocycles. The number of hydrogen-bond acceptors (Lipinski definition) is 4. The zero-order valence-electron chi connectivity index (χ0n) is 10.1. The fourth-order valence-corrected chi connectivity index (χ4v) is 1.72. The van der Waals surface area contributed by atoms with E-state index in [0.717, 1.165) is 10.8 Å². The number of phenolic OH excluding ortho intramolecular Hbond substituents is 1. The van der Waals surface area contributed by atoms with Crippen LogP contribution in [0.3, 0.4) is 0 Å². The molecule has 94 valence electrons. The van der Waals surface area contributed by atoms with Crippen LogP contribution in [0.2, 0.25) is 0 Å². The molecule has 1 amide bonds. The van der Waals surface area contributed by atoms with Crippen LogP contribution < -0.4 is 10.6 Å². The van der Waals surface area contributed by atoms with Gasteiger partial charge < -0.3 is 15.7 Å². The summed E-state index contributed by atoms with van der Waals surface area (Å²) in [5, 5.41) is 17.2. The summed E-state index contributed by atoms with van der Waals surface area (Å²) >= 11 is 0. The van der Waals surface area contributed by atoms with E-state index >= 15 is 0 Å². The van der Waals surface area contributed by atoms with Crippen molar-refractivity contribution in [3.8, 4) is 5.75 Å². The Morgan fingerprint density at radius 2 is 2.17 bits per heavy atom. The van der Waals surface area contributed by atoms with Crippen molar-refractivity contribution in [3.05, 3.63) is 30.5 Å². The maximum atomic E-state index is 10.7. The molecular formula is C13H15N3O2. The summed E-state index contributed by atoms with van der Waals surface area (Å²) in [4.78, 5) is 15.0. The average molecular weight is 245 g/mol. The van der Waals surface area contributed by atoms with Crippen molar-refractivity contribution < 1.29 is 9.90 Å². The van der Waals surface area contributed by atoms with Gasteiger partial charge in [0, 0.05) is 31.6 Å². The Balaban J connectivity index is 2.12. The predicted octanol–water partition coefficient (Wildman–Crippen LogP) is 1.49. The van der Waals surface area contributed by atoms with E-state index in [1.165, 1.54) is 6.92 Å². The van der Waals surface area contributed by atoms with Gasteiger partial charge >= 0.3 is 0 Å². The van der Waals surface area contributed by atoms with E-state index in [0.29, 0.717) is 18.9 Å². The maximum Gasteiger partial charge on any atom is 0.216 e. The van der Waals surface area contributed by atoms with Crippen LogP contribution in [0, 0.1) is 0 Å². The molecular weight excluding hydrogens is 230 g/mol. The van der Waals surface area contributed by atoms with Crippen LogP contribution in [0.5, 0.6) is 5.75 Å². The Labute approximate surface area is 105 Å². The molecule has 3 N–H and O–H groups in total. The molecule has 0 radical (unpaired) electrons. The highest BCUT2D eigenvalue weighted by Gasteiger charge is 2.02. The topological polar surface area (TPSA) is 74.2 Å². The Morgan fingerprint density at radius 3 is 2.94 bits per heavy atom. The van der Waals surface area contributed by atoms with Crippen molar-refractivity contribution in [1.82, 2.24) is 10.3 Å². The van der Waals surface area contributed by atoms with Crippen LogP contribution in [0.25, 0.3) is 10.8 Å². The quantitative estimate of drug-likeness (QED) is 0.713. The van der Waals surface area contributed by atoms with Gasteiger partial charge in [0.2, 0.25) is 5.91 Å². The number of carbonyl (C=O) groups is 1. The van der Waals surface area contributed by atoms with Gasteiger partial charge in [-0.3, -0.25) is 4.79 Å². The van der Waals surface area contributed by atoms with Gasteiger partial charge in [-0.1, -0.05) is 6.07 Å². The highest BCUT2D eigenvalue weighted by molar-refractivity contribution is 5.92. The minimum Gasteiger partial charge on any atom is -0.508 e. The Morgan fingerprint density at radius 1 is 1.33 bits per heavy atom. The minimum absolute atomic E-state index is 0.0553. The molecule has 2 rings (SSSR count). The number of hydrogen-bond donors (Lipinski definition) is 3. The second-order valence-corrected chi connectivity index (χ2v) is 3.97. The number of phenols is 1.